The Labute approximate surface area is 152 Å². The summed E-state index contributed by atoms with van der Waals surface area (Å²) in [6.45, 7) is 2.86. The minimum Gasteiger partial charge on any atom is -0.492 e. The van der Waals surface area contributed by atoms with Crippen molar-refractivity contribution in [1.29, 1.82) is 0 Å². The fourth-order valence-electron chi connectivity index (χ4n) is 2.59. The summed E-state index contributed by atoms with van der Waals surface area (Å²) in [5.41, 5.74) is 1.59. The van der Waals surface area contributed by atoms with Crippen LogP contribution in [0, 0.1) is 0 Å². The molecule has 0 aliphatic rings. The van der Waals surface area contributed by atoms with E-state index in [4.69, 9.17) is 4.74 Å². The number of para-hydroxylation sites is 2. The second-order valence-electron chi connectivity index (χ2n) is 5.57. The van der Waals surface area contributed by atoms with Gasteiger partial charge in [-0.2, -0.15) is 15.0 Å². The molecule has 1 unspecified atom stereocenters. The highest BCUT2D eigenvalue weighted by Crippen LogP contribution is 2.24. The van der Waals surface area contributed by atoms with Gasteiger partial charge in [-0.15, -0.1) is 0 Å². The zero-order chi connectivity index (χ0) is 18.2. The van der Waals surface area contributed by atoms with E-state index >= 15 is 0 Å². The molecule has 0 bridgehead atoms. The topological polar surface area (TPSA) is 81.1 Å². The van der Waals surface area contributed by atoms with Gasteiger partial charge in [0.15, 0.2) is 0 Å². The zero-order valence-corrected chi connectivity index (χ0v) is 14.5. The summed E-state index contributed by atoms with van der Waals surface area (Å²) < 4.78 is 5.55. The van der Waals surface area contributed by atoms with E-state index in [2.05, 4.69) is 20.8 Å². The number of nitrogens with one attached hydrogen (secondary N) is 2. The molecule has 2 N–H and O–H groups in total. The number of amides is 2. The third kappa shape index (κ3) is 4.60. The third-order valence-corrected chi connectivity index (χ3v) is 3.75. The van der Waals surface area contributed by atoms with Gasteiger partial charge in [0.1, 0.15) is 5.75 Å². The number of benzene rings is 2. The Morgan fingerprint density at radius 2 is 1.77 bits per heavy atom. The van der Waals surface area contributed by atoms with Crippen LogP contribution in [0.2, 0.25) is 0 Å². The Morgan fingerprint density at radius 3 is 2.50 bits per heavy atom. The first-order chi connectivity index (χ1) is 12.8. The molecule has 1 atom stereocenters. The maximum Gasteiger partial charge on any atom is 0.319 e. The van der Waals surface area contributed by atoms with Gasteiger partial charge in [0.05, 0.1) is 37.3 Å². The molecule has 1 heterocycles. The molecule has 3 aromatic rings. The van der Waals surface area contributed by atoms with Crippen molar-refractivity contribution in [2.45, 2.75) is 19.5 Å². The molecule has 0 saturated carbocycles. The second kappa shape index (κ2) is 8.66. The number of urea groups is 1. The van der Waals surface area contributed by atoms with Crippen molar-refractivity contribution in [2.24, 2.45) is 0 Å². The van der Waals surface area contributed by atoms with Crippen LogP contribution in [-0.2, 0) is 6.54 Å². The van der Waals surface area contributed by atoms with Gasteiger partial charge in [-0.05, 0) is 24.6 Å². The van der Waals surface area contributed by atoms with Crippen LogP contribution in [0.5, 0.6) is 5.75 Å². The van der Waals surface area contributed by atoms with Gasteiger partial charge in [0, 0.05) is 0 Å². The number of hydrogen-bond donors (Lipinski definition) is 2. The van der Waals surface area contributed by atoms with Gasteiger partial charge in [-0.25, -0.2) is 4.79 Å². The molecule has 7 nitrogen and oxygen atoms in total. The summed E-state index contributed by atoms with van der Waals surface area (Å²) in [5, 5.41) is 14.1. The van der Waals surface area contributed by atoms with E-state index in [1.165, 1.54) is 0 Å². The van der Waals surface area contributed by atoms with E-state index in [1.807, 2.05) is 55.5 Å². The van der Waals surface area contributed by atoms with Gasteiger partial charge < -0.3 is 15.4 Å². The summed E-state index contributed by atoms with van der Waals surface area (Å²) in [6.07, 6.45) is 3.22. The largest absolute Gasteiger partial charge is 0.492 e. The van der Waals surface area contributed by atoms with Crippen LogP contribution in [0.1, 0.15) is 18.5 Å². The monoisotopic (exact) mass is 351 g/mol. The van der Waals surface area contributed by atoms with E-state index < -0.39 is 0 Å². The standard InChI is InChI=1S/C19H21N5O2/c1-2-26-18-11-7-6-10-16(18)22-19(25)23-17(14-24-20-12-13-21-24)15-8-4-3-5-9-15/h3-13,17H,2,14H2,1H3,(H2,22,23,25). The fraction of sp³-hybridized carbons (Fsp3) is 0.211. The fourth-order valence-corrected chi connectivity index (χ4v) is 2.59. The van der Waals surface area contributed by atoms with E-state index in [-0.39, 0.29) is 12.1 Å². The van der Waals surface area contributed by atoms with Crippen molar-refractivity contribution in [3.05, 3.63) is 72.6 Å². The Hall–Kier alpha value is -3.35. The van der Waals surface area contributed by atoms with E-state index in [9.17, 15) is 4.79 Å². The molecule has 1 aromatic heterocycles. The molecule has 0 spiro atoms. The molecule has 2 aromatic carbocycles. The first kappa shape index (κ1) is 17.5. The number of aromatic nitrogens is 3. The number of rotatable bonds is 7. The summed E-state index contributed by atoms with van der Waals surface area (Å²) in [5.74, 6) is 0.634. The van der Waals surface area contributed by atoms with Crippen molar-refractivity contribution >= 4 is 11.7 Å². The molecule has 26 heavy (non-hydrogen) atoms. The van der Waals surface area contributed by atoms with E-state index in [1.54, 1.807) is 23.3 Å². The molecule has 2 amide bonds. The van der Waals surface area contributed by atoms with Crippen LogP contribution < -0.4 is 15.4 Å². The summed E-state index contributed by atoms with van der Waals surface area (Å²) >= 11 is 0. The molecule has 0 aliphatic heterocycles. The van der Waals surface area contributed by atoms with Crippen LogP contribution >= 0.6 is 0 Å². The normalized spacial score (nSPS) is 11.6. The van der Waals surface area contributed by atoms with Gasteiger partial charge in [0.2, 0.25) is 0 Å². The van der Waals surface area contributed by atoms with Crippen molar-refractivity contribution in [1.82, 2.24) is 20.3 Å². The molecule has 0 aliphatic carbocycles. The lowest BCUT2D eigenvalue weighted by atomic mass is 10.1. The van der Waals surface area contributed by atoms with E-state index in [0.29, 0.717) is 24.6 Å². The van der Waals surface area contributed by atoms with Gasteiger partial charge in [-0.1, -0.05) is 42.5 Å². The van der Waals surface area contributed by atoms with Crippen LogP contribution in [0.15, 0.2) is 67.0 Å². The average molecular weight is 351 g/mol. The van der Waals surface area contributed by atoms with Crippen molar-refractivity contribution in [3.63, 3.8) is 0 Å². The highest BCUT2D eigenvalue weighted by Gasteiger charge is 2.17. The lowest BCUT2D eigenvalue weighted by Crippen LogP contribution is -2.35. The molecule has 0 saturated heterocycles. The minimum atomic E-state index is -0.321. The second-order valence-corrected chi connectivity index (χ2v) is 5.57. The highest BCUT2D eigenvalue weighted by atomic mass is 16.5. The number of carbonyl (C=O) groups excluding carboxylic acids is 1. The van der Waals surface area contributed by atoms with Gasteiger partial charge in [0.25, 0.3) is 0 Å². The summed E-state index contributed by atoms with van der Waals surface area (Å²) in [6, 6.07) is 16.5. The van der Waals surface area contributed by atoms with Gasteiger partial charge >= 0.3 is 6.03 Å². The van der Waals surface area contributed by atoms with Crippen molar-refractivity contribution in [2.75, 3.05) is 11.9 Å². The Morgan fingerprint density at radius 1 is 1.08 bits per heavy atom. The SMILES string of the molecule is CCOc1ccccc1NC(=O)NC(Cn1nccn1)c1ccccc1. The van der Waals surface area contributed by atoms with Crippen molar-refractivity contribution < 1.29 is 9.53 Å². The maximum absolute atomic E-state index is 12.6. The average Bonchev–Trinajstić information content (AvgIpc) is 3.17. The minimum absolute atomic E-state index is 0.275. The zero-order valence-electron chi connectivity index (χ0n) is 14.5. The molecule has 0 fully saturated rings. The molecular weight excluding hydrogens is 330 g/mol. The maximum atomic E-state index is 12.6. The summed E-state index contributed by atoms with van der Waals surface area (Å²) in [7, 11) is 0. The molecule has 0 radical (unpaired) electrons. The lowest BCUT2D eigenvalue weighted by molar-refractivity contribution is 0.246. The van der Waals surface area contributed by atoms with Crippen LogP contribution in [0.4, 0.5) is 10.5 Å². The first-order valence-corrected chi connectivity index (χ1v) is 8.44. The Balaban J connectivity index is 1.73. The number of carbonyl (C=O) groups is 1. The first-order valence-electron chi connectivity index (χ1n) is 8.44. The van der Waals surface area contributed by atoms with Crippen LogP contribution in [0.3, 0.4) is 0 Å². The lowest BCUT2D eigenvalue weighted by Gasteiger charge is -2.20. The Kier molecular flexibility index (Phi) is 5.82. The highest BCUT2D eigenvalue weighted by molar-refractivity contribution is 5.91. The smallest absolute Gasteiger partial charge is 0.319 e. The van der Waals surface area contributed by atoms with Crippen molar-refractivity contribution in [3.8, 4) is 5.75 Å². The number of nitrogens with zero attached hydrogens (tertiary/aromatic N) is 3. The predicted octanol–water partition coefficient (Wildman–Crippen LogP) is 3.24. The van der Waals surface area contributed by atoms with Crippen LogP contribution in [0.25, 0.3) is 0 Å². The van der Waals surface area contributed by atoms with Crippen LogP contribution in [-0.4, -0.2) is 27.6 Å². The summed E-state index contributed by atoms with van der Waals surface area (Å²) in [4.78, 5) is 14.1. The molecule has 7 heteroatoms. The van der Waals surface area contributed by atoms with Gasteiger partial charge in [-0.3, -0.25) is 0 Å². The number of hydrogen-bond acceptors (Lipinski definition) is 4. The predicted molar refractivity (Wildman–Crippen MR) is 99.0 cm³/mol. The van der Waals surface area contributed by atoms with E-state index in [0.717, 1.165) is 5.56 Å². The molecule has 3 rings (SSSR count). The Bertz CT molecular complexity index is 821. The number of ether oxygens (including phenoxy) is 1. The quantitative estimate of drug-likeness (QED) is 0.685. The third-order valence-electron chi connectivity index (χ3n) is 3.75. The molecule has 134 valence electrons. The number of anilines is 1. The molecular formula is C19H21N5O2.